The van der Waals surface area contributed by atoms with Crippen molar-refractivity contribution in [2.45, 2.75) is 32.8 Å². The van der Waals surface area contributed by atoms with Crippen molar-refractivity contribution >= 4 is 5.97 Å². The summed E-state index contributed by atoms with van der Waals surface area (Å²) in [5.74, 6) is -1.06. The van der Waals surface area contributed by atoms with E-state index in [2.05, 4.69) is 0 Å². The number of aliphatic carboxylic acids is 1. The highest BCUT2D eigenvalue weighted by atomic mass is 16.4. The van der Waals surface area contributed by atoms with Gasteiger partial charge in [0.15, 0.2) is 0 Å². The van der Waals surface area contributed by atoms with Gasteiger partial charge in [-0.25, -0.2) is 0 Å². The van der Waals surface area contributed by atoms with Crippen LogP contribution in [0.5, 0.6) is 0 Å². The Morgan fingerprint density at radius 2 is 2.08 bits per heavy atom. The van der Waals surface area contributed by atoms with E-state index in [1.165, 1.54) is 6.92 Å². The summed E-state index contributed by atoms with van der Waals surface area (Å²) in [5.41, 5.74) is -1.22. The van der Waals surface area contributed by atoms with Gasteiger partial charge in [-0.05, 0) is 19.8 Å². The minimum absolute atomic E-state index is 0.0807. The van der Waals surface area contributed by atoms with E-state index in [1.54, 1.807) is 6.92 Å². The molecule has 0 radical (unpaired) electrons. The minimum atomic E-state index is -1.22. The highest BCUT2D eigenvalue weighted by molar-refractivity contribution is 5.74. The molecule has 0 amide bonds. The van der Waals surface area contributed by atoms with Crippen LogP contribution in [0.15, 0.2) is 0 Å². The number of hydrogen-bond donors (Lipinski definition) is 3. The van der Waals surface area contributed by atoms with Gasteiger partial charge in [-0.1, -0.05) is 6.92 Å². The largest absolute Gasteiger partial charge is 0.481 e. The third-order valence-electron chi connectivity index (χ3n) is 2.24. The van der Waals surface area contributed by atoms with Crippen LogP contribution < -0.4 is 0 Å². The maximum atomic E-state index is 10.7. The average molecular weight is 176 g/mol. The van der Waals surface area contributed by atoms with Crippen molar-refractivity contribution in [2.75, 3.05) is 6.61 Å². The van der Waals surface area contributed by atoms with E-state index >= 15 is 0 Å². The van der Waals surface area contributed by atoms with Gasteiger partial charge >= 0.3 is 5.97 Å². The summed E-state index contributed by atoms with van der Waals surface area (Å²) in [6.07, 6.45) is -0.442. The first-order chi connectivity index (χ1) is 5.49. The second kappa shape index (κ2) is 4.42. The number of carboxylic acids is 1. The van der Waals surface area contributed by atoms with Crippen LogP contribution in [-0.2, 0) is 4.79 Å². The van der Waals surface area contributed by atoms with Gasteiger partial charge in [-0.2, -0.15) is 0 Å². The van der Waals surface area contributed by atoms with Gasteiger partial charge < -0.3 is 15.3 Å². The lowest BCUT2D eigenvalue weighted by atomic mass is 9.80. The number of carboxylic acid groups (broad SMARTS) is 1. The highest BCUT2D eigenvalue weighted by Gasteiger charge is 2.38. The molecule has 0 fully saturated rings. The molecular weight excluding hydrogens is 160 g/mol. The van der Waals surface area contributed by atoms with Gasteiger partial charge in [0.1, 0.15) is 0 Å². The van der Waals surface area contributed by atoms with Crippen LogP contribution in [0, 0.1) is 5.41 Å². The summed E-state index contributed by atoms with van der Waals surface area (Å²) in [4.78, 5) is 10.7. The van der Waals surface area contributed by atoms with E-state index in [1.807, 2.05) is 0 Å². The molecule has 0 bridgehead atoms. The number of carbonyl (C=O) groups is 1. The summed E-state index contributed by atoms with van der Waals surface area (Å²) in [6, 6.07) is 0. The Kier molecular flexibility index (Phi) is 4.20. The fourth-order valence-corrected chi connectivity index (χ4v) is 1.10. The smallest absolute Gasteiger partial charge is 0.312 e. The molecule has 72 valence electrons. The van der Waals surface area contributed by atoms with Crippen molar-refractivity contribution in [3.05, 3.63) is 0 Å². The Hall–Kier alpha value is -0.610. The maximum absolute atomic E-state index is 10.7. The summed E-state index contributed by atoms with van der Waals surface area (Å²) in [5, 5.41) is 26.8. The Balaban J connectivity index is 4.48. The van der Waals surface area contributed by atoms with Gasteiger partial charge in [0.25, 0.3) is 0 Å². The summed E-state index contributed by atoms with van der Waals surface area (Å²) >= 11 is 0. The van der Waals surface area contributed by atoms with E-state index in [4.69, 9.17) is 10.2 Å². The van der Waals surface area contributed by atoms with Crippen molar-refractivity contribution in [3.63, 3.8) is 0 Å². The molecular formula is C8H16O4. The Bertz CT molecular complexity index is 157. The summed E-state index contributed by atoms with van der Waals surface area (Å²) < 4.78 is 0. The van der Waals surface area contributed by atoms with Crippen molar-refractivity contribution in [3.8, 4) is 0 Å². The molecule has 0 saturated heterocycles. The zero-order valence-electron chi connectivity index (χ0n) is 7.45. The molecule has 4 heteroatoms. The van der Waals surface area contributed by atoms with Crippen LogP contribution in [-0.4, -0.2) is 34.0 Å². The highest BCUT2D eigenvalue weighted by Crippen LogP contribution is 2.27. The fourth-order valence-electron chi connectivity index (χ4n) is 1.10. The third kappa shape index (κ3) is 2.19. The predicted octanol–water partition coefficient (Wildman–Crippen LogP) is 0.231. The number of hydrogen-bond acceptors (Lipinski definition) is 3. The molecule has 0 saturated carbocycles. The molecule has 4 nitrogen and oxygen atoms in total. The Morgan fingerprint density at radius 1 is 1.58 bits per heavy atom. The molecule has 0 heterocycles. The number of rotatable bonds is 5. The second-order valence-electron chi connectivity index (χ2n) is 3.12. The molecule has 2 atom stereocenters. The van der Waals surface area contributed by atoms with Gasteiger partial charge in [0.2, 0.25) is 0 Å². The zero-order chi connectivity index (χ0) is 9.78. The van der Waals surface area contributed by atoms with Crippen LogP contribution in [0.2, 0.25) is 0 Å². The van der Waals surface area contributed by atoms with Crippen LogP contribution in [0.4, 0.5) is 0 Å². The zero-order valence-corrected chi connectivity index (χ0v) is 7.45. The number of aliphatic hydroxyl groups excluding tert-OH is 2. The van der Waals surface area contributed by atoms with E-state index in [0.717, 1.165) is 0 Å². The van der Waals surface area contributed by atoms with Crippen LogP contribution in [0.1, 0.15) is 26.7 Å². The molecule has 0 spiro atoms. The first-order valence-corrected chi connectivity index (χ1v) is 4.01. The van der Waals surface area contributed by atoms with E-state index in [0.29, 0.717) is 6.42 Å². The second-order valence-corrected chi connectivity index (χ2v) is 3.12. The molecule has 0 aromatic rings. The predicted molar refractivity (Wildman–Crippen MR) is 43.7 cm³/mol. The molecule has 0 aliphatic carbocycles. The van der Waals surface area contributed by atoms with Crippen molar-refractivity contribution in [1.29, 1.82) is 0 Å². The normalized spacial score (nSPS) is 18.3. The molecule has 0 aromatic carbocycles. The third-order valence-corrected chi connectivity index (χ3v) is 2.24. The van der Waals surface area contributed by atoms with Gasteiger partial charge in [0, 0.05) is 6.61 Å². The van der Waals surface area contributed by atoms with E-state index in [9.17, 15) is 9.90 Å². The van der Waals surface area contributed by atoms with Gasteiger partial charge in [-0.15, -0.1) is 0 Å². The van der Waals surface area contributed by atoms with Crippen molar-refractivity contribution in [2.24, 2.45) is 5.41 Å². The fraction of sp³-hybridized carbons (Fsp3) is 0.875. The SMILES string of the molecule is CCC(O)C(C)(CCO)C(=O)O. The summed E-state index contributed by atoms with van der Waals surface area (Å²) in [6.45, 7) is 2.93. The van der Waals surface area contributed by atoms with Crippen molar-refractivity contribution < 1.29 is 20.1 Å². The maximum Gasteiger partial charge on any atom is 0.312 e. The van der Waals surface area contributed by atoms with Crippen molar-refractivity contribution in [1.82, 2.24) is 0 Å². The Morgan fingerprint density at radius 3 is 2.33 bits per heavy atom. The van der Waals surface area contributed by atoms with Crippen LogP contribution in [0.25, 0.3) is 0 Å². The molecule has 0 rings (SSSR count). The van der Waals surface area contributed by atoms with E-state index < -0.39 is 17.5 Å². The molecule has 2 unspecified atom stereocenters. The first-order valence-electron chi connectivity index (χ1n) is 4.01. The standard InChI is InChI=1S/C8H16O4/c1-3-6(10)8(2,4-5-9)7(11)12/h6,9-10H,3-5H2,1-2H3,(H,11,12). The monoisotopic (exact) mass is 176 g/mol. The van der Waals surface area contributed by atoms with Crippen LogP contribution >= 0.6 is 0 Å². The minimum Gasteiger partial charge on any atom is -0.481 e. The van der Waals surface area contributed by atoms with Crippen LogP contribution in [0.3, 0.4) is 0 Å². The number of aliphatic hydroxyl groups is 2. The molecule has 3 N–H and O–H groups in total. The molecule has 0 aliphatic heterocycles. The first kappa shape index (κ1) is 11.4. The Labute approximate surface area is 71.8 Å². The molecule has 12 heavy (non-hydrogen) atoms. The van der Waals surface area contributed by atoms with Gasteiger partial charge in [0.05, 0.1) is 11.5 Å². The lowest BCUT2D eigenvalue weighted by Crippen LogP contribution is -2.40. The molecule has 0 aromatic heterocycles. The molecule has 0 aliphatic rings. The summed E-state index contributed by atoms with van der Waals surface area (Å²) in [7, 11) is 0. The topological polar surface area (TPSA) is 77.8 Å². The van der Waals surface area contributed by atoms with E-state index in [-0.39, 0.29) is 13.0 Å². The lowest BCUT2D eigenvalue weighted by Gasteiger charge is -2.28. The van der Waals surface area contributed by atoms with Gasteiger partial charge in [-0.3, -0.25) is 4.79 Å². The average Bonchev–Trinajstić information content (AvgIpc) is 2.03. The quantitative estimate of drug-likeness (QED) is 0.560. The lowest BCUT2D eigenvalue weighted by molar-refractivity contribution is -0.156.